The van der Waals surface area contributed by atoms with Crippen molar-refractivity contribution in [3.05, 3.63) is 82.3 Å². The quantitative estimate of drug-likeness (QED) is 0.210. The van der Waals surface area contributed by atoms with Crippen LogP contribution in [-0.4, -0.2) is 101 Å². The Morgan fingerprint density at radius 1 is 0.783 bits per heavy atom. The number of imide groups is 2. The van der Waals surface area contributed by atoms with Crippen molar-refractivity contribution >= 4 is 52.4 Å². The number of halogens is 3. The summed E-state index contributed by atoms with van der Waals surface area (Å²) in [5.41, 5.74) is 1.34. The number of alkyl halides is 3. The van der Waals surface area contributed by atoms with Crippen LogP contribution in [0.3, 0.4) is 0 Å². The van der Waals surface area contributed by atoms with Crippen LogP contribution in [0.15, 0.2) is 48.5 Å². The van der Waals surface area contributed by atoms with Crippen LogP contribution in [0.1, 0.15) is 83.3 Å². The van der Waals surface area contributed by atoms with Gasteiger partial charge in [-0.15, -0.1) is 5.10 Å². The van der Waals surface area contributed by atoms with Crippen molar-refractivity contribution in [2.24, 2.45) is 17.8 Å². The smallest absolute Gasteiger partial charge is 0.372 e. The van der Waals surface area contributed by atoms with Gasteiger partial charge >= 0.3 is 6.18 Å². The van der Waals surface area contributed by atoms with Crippen LogP contribution >= 0.6 is 0 Å². The summed E-state index contributed by atoms with van der Waals surface area (Å²) < 4.78 is 40.4. The van der Waals surface area contributed by atoms with Gasteiger partial charge in [0, 0.05) is 56.4 Å². The van der Waals surface area contributed by atoms with Crippen molar-refractivity contribution in [3.63, 3.8) is 0 Å². The lowest BCUT2D eigenvalue weighted by Gasteiger charge is -2.38. The maximum atomic E-state index is 13.5. The summed E-state index contributed by atoms with van der Waals surface area (Å²) in [7, 11) is 0. The Hall–Kier alpha value is -5.89. The third kappa shape index (κ3) is 8.70. The number of aromatic nitrogens is 2. The summed E-state index contributed by atoms with van der Waals surface area (Å²) in [4.78, 5) is 74.1. The number of rotatable bonds is 9. The highest BCUT2D eigenvalue weighted by atomic mass is 19.4. The predicted molar refractivity (Wildman–Crippen MR) is 214 cm³/mol. The van der Waals surface area contributed by atoms with Crippen LogP contribution in [0, 0.1) is 24.3 Å². The minimum atomic E-state index is -4.62. The average molecular weight is 826 g/mol. The van der Waals surface area contributed by atoms with Crippen molar-refractivity contribution in [1.29, 1.82) is 0 Å². The van der Waals surface area contributed by atoms with Crippen molar-refractivity contribution in [2.45, 2.75) is 70.0 Å². The molecule has 3 aromatic rings. The first-order chi connectivity index (χ1) is 28.8. The molecule has 5 aliphatic rings. The van der Waals surface area contributed by atoms with E-state index >= 15 is 0 Å². The van der Waals surface area contributed by atoms with E-state index in [1.165, 1.54) is 12.1 Å². The number of carbonyl (C=O) groups excluding carboxylic acids is 5. The Morgan fingerprint density at radius 2 is 1.43 bits per heavy atom. The molecule has 2 N–H and O–H groups in total. The highest BCUT2D eigenvalue weighted by Crippen LogP contribution is 2.40. The number of amides is 5. The van der Waals surface area contributed by atoms with Gasteiger partial charge < -0.3 is 20.0 Å². The minimum Gasteiger partial charge on any atom is -0.372 e. The molecule has 14 nitrogen and oxygen atoms in total. The molecule has 1 aromatic heterocycles. The molecule has 1 atom stereocenters. The van der Waals surface area contributed by atoms with E-state index in [0.29, 0.717) is 54.8 Å². The molecular weight excluding hydrogens is 780 g/mol. The van der Waals surface area contributed by atoms with Gasteiger partial charge in [0.1, 0.15) is 6.04 Å². The Labute approximate surface area is 345 Å². The molecular formula is C43H46F3N9O5. The summed E-state index contributed by atoms with van der Waals surface area (Å²) in [5.74, 6) is -1.11. The first kappa shape index (κ1) is 40.9. The summed E-state index contributed by atoms with van der Waals surface area (Å²) >= 11 is 0. The largest absolute Gasteiger partial charge is 0.407 e. The van der Waals surface area contributed by atoms with E-state index in [1.54, 1.807) is 18.2 Å². The van der Waals surface area contributed by atoms with Gasteiger partial charge in [-0.3, -0.25) is 34.2 Å². The second-order valence-electron chi connectivity index (χ2n) is 16.5. The fourth-order valence-electron chi connectivity index (χ4n) is 9.27. The lowest BCUT2D eigenvalue weighted by atomic mass is 9.90. The molecule has 2 aromatic carbocycles. The second kappa shape index (κ2) is 17.0. The number of nitrogens with zero attached hydrogens (tertiary/aromatic N) is 7. The zero-order chi connectivity index (χ0) is 42.1. The molecule has 0 spiro atoms. The third-order valence-electron chi connectivity index (χ3n) is 12.7. The van der Waals surface area contributed by atoms with E-state index in [9.17, 15) is 37.1 Å². The van der Waals surface area contributed by atoms with Crippen LogP contribution in [-0.2, 0) is 27.0 Å². The highest BCUT2D eigenvalue weighted by Gasteiger charge is 2.45. The van der Waals surface area contributed by atoms with E-state index in [4.69, 9.17) is 6.57 Å². The number of hydrogen-bond acceptors (Lipinski definition) is 10. The van der Waals surface area contributed by atoms with Crippen LogP contribution in [0.25, 0.3) is 4.85 Å². The summed E-state index contributed by atoms with van der Waals surface area (Å²) in [5, 5.41) is 13.8. The van der Waals surface area contributed by atoms with Gasteiger partial charge in [-0.25, -0.2) is 4.85 Å². The zero-order valence-corrected chi connectivity index (χ0v) is 33.0. The number of nitrogens with one attached hydrogen (secondary N) is 2. The fourth-order valence-corrected chi connectivity index (χ4v) is 9.27. The summed E-state index contributed by atoms with van der Waals surface area (Å²) in [6.45, 7) is 12.6. The number of carbonyl (C=O) groups is 5. The summed E-state index contributed by atoms with van der Waals surface area (Å²) in [6, 6.07) is 11.7. The molecule has 1 unspecified atom stereocenters. The molecule has 4 fully saturated rings. The molecule has 17 heteroatoms. The van der Waals surface area contributed by atoms with Crippen LogP contribution in [0.5, 0.6) is 0 Å². The van der Waals surface area contributed by atoms with E-state index in [0.717, 1.165) is 87.2 Å². The van der Waals surface area contributed by atoms with Gasteiger partial charge in [0.25, 0.3) is 11.8 Å². The SMILES string of the molecule is [C-]#[N+]c1ccc(N2CCC(C(=O)Nc3ccc(CC4CCN(CC5CCN(c6ccc7c(c6)C(=O)N(C6CCC(=O)NC6=O)C7=O)CC5)CC4)nn3)CC2)cc1C(F)(F)F. The Balaban J connectivity index is 0.745. The van der Waals surface area contributed by atoms with Crippen molar-refractivity contribution in [3.8, 4) is 0 Å². The van der Waals surface area contributed by atoms with Gasteiger partial charge in [-0.1, -0.05) is 6.07 Å². The van der Waals surface area contributed by atoms with Gasteiger partial charge in [0.15, 0.2) is 11.5 Å². The fraction of sp³-hybridized carbons (Fsp3) is 0.488. The number of fused-ring (bicyclic) bond motifs is 1. The predicted octanol–water partition coefficient (Wildman–Crippen LogP) is 5.47. The topological polar surface area (TPSA) is 153 Å². The molecule has 6 heterocycles. The van der Waals surface area contributed by atoms with E-state index < -0.39 is 47.1 Å². The molecule has 0 saturated carbocycles. The number of anilines is 3. The molecule has 0 bridgehead atoms. The molecule has 60 heavy (non-hydrogen) atoms. The van der Waals surface area contributed by atoms with Crippen molar-refractivity contribution in [2.75, 3.05) is 60.9 Å². The Morgan fingerprint density at radius 3 is 2.08 bits per heavy atom. The van der Waals surface area contributed by atoms with Gasteiger partial charge in [0.05, 0.1) is 29.0 Å². The normalized spacial score (nSPS) is 21.2. The Kier molecular flexibility index (Phi) is 11.6. The monoisotopic (exact) mass is 825 g/mol. The minimum absolute atomic E-state index is 0.0811. The van der Waals surface area contributed by atoms with Gasteiger partial charge in [-0.05, 0) is 119 Å². The van der Waals surface area contributed by atoms with Crippen molar-refractivity contribution in [1.82, 2.24) is 25.3 Å². The van der Waals surface area contributed by atoms with Crippen LogP contribution in [0.2, 0.25) is 0 Å². The molecule has 0 aliphatic carbocycles. The Bertz CT molecular complexity index is 2200. The standard InChI is InChI=1S/C43H46F3N9O5/c1-47-35-6-4-31(24-34(35)43(44,45)46)54-20-14-28(15-21-54)39(57)48-37-8-2-29(50-51-37)22-26-10-16-52(17-11-26)25-27-12-18-53(19-13-27)30-3-5-32-33(23-30)42(60)55(41(32)59)36-7-9-38(56)49-40(36)58/h2-6,8,23-24,26-28,36H,7,9-22,25H2,(H,48,51,57)(H,49,56,58). The molecule has 0 radical (unpaired) electrons. The van der Waals surface area contributed by atoms with Crippen LogP contribution < -0.4 is 20.4 Å². The van der Waals surface area contributed by atoms with E-state index in [2.05, 4.69) is 35.5 Å². The second-order valence-corrected chi connectivity index (χ2v) is 16.5. The molecule has 8 rings (SSSR count). The van der Waals surface area contributed by atoms with Crippen LogP contribution in [0.4, 0.5) is 36.1 Å². The average Bonchev–Trinajstić information content (AvgIpc) is 3.49. The molecule has 4 saturated heterocycles. The first-order valence-electron chi connectivity index (χ1n) is 20.6. The number of hydrogen-bond donors (Lipinski definition) is 2. The lowest BCUT2D eigenvalue weighted by molar-refractivity contribution is -0.137. The molecule has 5 aliphatic heterocycles. The first-order valence-corrected chi connectivity index (χ1v) is 20.6. The highest BCUT2D eigenvalue weighted by molar-refractivity contribution is 6.23. The van der Waals surface area contributed by atoms with E-state index in [1.807, 2.05) is 17.0 Å². The van der Waals surface area contributed by atoms with E-state index in [-0.39, 0.29) is 30.2 Å². The maximum Gasteiger partial charge on any atom is 0.407 e. The molecule has 5 amide bonds. The number of piperidine rings is 4. The van der Waals surface area contributed by atoms with Gasteiger partial charge in [-0.2, -0.15) is 18.3 Å². The maximum absolute atomic E-state index is 13.5. The number of benzene rings is 2. The molecule has 314 valence electrons. The summed E-state index contributed by atoms with van der Waals surface area (Å²) in [6.07, 6.45) is 1.46. The van der Waals surface area contributed by atoms with Crippen molar-refractivity contribution < 1.29 is 37.1 Å². The lowest BCUT2D eigenvalue weighted by Crippen LogP contribution is -2.54. The zero-order valence-electron chi connectivity index (χ0n) is 33.0. The van der Waals surface area contributed by atoms with Gasteiger partial charge in [0.2, 0.25) is 17.7 Å². The third-order valence-corrected chi connectivity index (χ3v) is 12.7. The number of likely N-dealkylation sites (tertiary alicyclic amines) is 1.